The summed E-state index contributed by atoms with van der Waals surface area (Å²) < 4.78 is 32.1. The van der Waals surface area contributed by atoms with Gasteiger partial charge in [0, 0.05) is 30.9 Å². The molecule has 0 aromatic heterocycles. The van der Waals surface area contributed by atoms with Crippen molar-refractivity contribution in [1.29, 1.82) is 0 Å². The number of sulfonamides is 1. The van der Waals surface area contributed by atoms with E-state index in [-0.39, 0.29) is 30.2 Å². The Morgan fingerprint density at radius 1 is 1.33 bits per heavy atom. The van der Waals surface area contributed by atoms with Gasteiger partial charge in [-0.1, -0.05) is 13.0 Å². The zero-order valence-corrected chi connectivity index (χ0v) is 17.4. The molecule has 1 amide bonds. The zero-order chi connectivity index (χ0) is 19.0. The van der Waals surface area contributed by atoms with Crippen LogP contribution in [0.15, 0.2) is 24.3 Å². The van der Waals surface area contributed by atoms with Crippen LogP contribution in [0.2, 0.25) is 0 Å². The first kappa shape index (κ1) is 23.7. The number of halogens is 1. The Kier molecular flexibility index (Phi) is 10.1. The van der Waals surface area contributed by atoms with Crippen molar-refractivity contribution in [2.75, 3.05) is 36.7 Å². The van der Waals surface area contributed by atoms with E-state index in [4.69, 9.17) is 10.5 Å². The molecule has 1 aromatic carbocycles. The molecule has 0 bridgehead atoms. The van der Waals surface area contributed by atoms with Crippen LogP contribution in [-0.4, -0.2) is 57.3 Å². The molecule has 0 unspecified atom stereocenters. The predicted octanol–water partition coefficient (Wildman–Crippen LogP) is 2.23. The van der Waals surface area contributed by atoms with E-state index in [0.29, 0.717) is 43.9 Å². The third kappa shape index (κ3) is 7.65. The Labute approximate surface area is 168 Å². The van der Waals surface area contributed by atoms with E-state index in [1.807, 2.05) is 6.92 Å². The van der Waals surface area contributed by atoms with E-state index in [1.54, 1.807) is 29.2 Å². The number of ether oxygens (including phenoxy) is 1. The number of nitrogens with one attached hydrogen (secondary N) is 1. The van der Waals surface area contributed by atoms with Crippen molar-refractivity contribution in [3.8, 4) is 0 Å². The minimum Gasteiger partial charge on any atom is -0.378 e. The number of hydrogen-bond acceptors (Lipinski definition) is 5. The first-order valence-electron chi connectivity index (χ1n) is 9.16. The molecular weight excluding hydrogens is 390 g/mol. The Morgan fingerprint density at radius 3 is 2.67 bits per heavy atom. The van der Waals surface area contributed by atoms with Crippen LogP contribution in [0.25, 0.3) is 0 Å². The van der Waals surface area contributed by atoms with E-state index in [2.05, 4.69) is 4.72 Å². The summed E-state index contributed by atoms with van der Waals surface area (Å²) in [4.78, 5) is 14.5. The van der Waals surface area contributed by atoms with Crippen molar-refractivity contribution in [2.24, 2.45) is 5.73 Å². The topological polar surface area (TPSA) is 102 Å². The zero-order valence-electron chi connectivity index (χ0n) is 15.7. The number of carbonyl (C=O) groups is 1. The Hall–Kier alpha value is -1.35. The Morgan fingerprint density at radius 2 is 2.04 bits per heavy atom. The molecule has 3 N–H and O–H groups in total. The summed E-state index contributed by atoms with van der Waals surface area (Å²) in [6.07, 6.45) is 3.17. The van der Waals surface area contributed by atoms with Crippen molar-refractivity contribution in [2.45, 2.75) is 38.7 Å². The summed E-state index contributed by atoms with van der Waals surface area (Å²) in [6, 6.07) is 6.66. The van der Waals surface area contributed by atoms with Crippen molar-refractivity contribution >= 4 is 34.0 Å². The molecule has 0 spiro atoms. The molecular formula is C18H30ClN3O4S. The first-order chi connectivity index (χ1) is 12.4. The Balaban J connectivity index is 0.00000364. The van der Waals surface area contributed by atoms with Gasteiger partial charge in [0.15, 0.2) is 0 Å². The minimum absolute atomic E-state index is 0. The van der Waals surface area contributed by atoms with Crippen molar-refractivity contribution in [3.05, 3.63) is 29.8 Å². The van der Waals surface area contributed by atoms with Crippen molar-refractivity contribution < 1.29 is 17.9 Å². The van der Waals surface area contributed by atoms with Gasteiger partial charge in [0.25, 0.3) is 5.91 Å². The molecule has 9 heteroatoms. The SMILES string of the molecule is CCCS(=O)(=O)Nc1cccc(C(=O)N2CCC(OCCCN)CC2)c1.Cl. The first-order valence-corrected chi connectivity index (χ1v) is 10.8. The standard InChI is InChI=1S/C18H29N3O4S.ClH/c1-2-13-26(23,24)20-16-6-3-5-15(14-16)18(22)21-10-7-17(8-11-21)25-12-4-9-19;/h3,5-6,14,17,20H,2,4,7-13,19H2,1H3;1H. The van der Waals surface area contributed by atoms with Crippen LogP contribution in [-0.2, 0) is 14.8 Å². The molecule has 0 atom stereocenters. The van der Waals surface area contributed by atoms with E-state index < -0.39 is 10.0 Å². The van der Waals surface area contributed by atoms with Gasteiger partial charge in [-0.3, -0.25) is 9.52 Å². The molecule has 7 nitrogen and oxygen atoms in total. The second-order valence-corrected chi connectivity index (χ2v) is 8.35. The molecule has 1 saturated heterocycles. The molecule has 2 rings (SSSR count). The quantitative estimate of drug-likeness (QED) is 0.597. The largest absolute Gasteiger partial charge is 0.378 e. The number of benzene rings is 1. The smallest absolute Gasteiger partial charge is 0.253 e. The number of hydrogen-bond donors (Lipinski definition) is 2. The van der Waals surface area contributed by atoms with Gasteiger partial charge in [-0.25, -0.2) is 8.42 Å². The normalized spacial score (nSPS) is 15.3. The maximum absolute atomic E-state index is 12.7. The highest BCUT2D eigenvalue weighted by Gasteiger charge is 2.24. The maximum Gasteiger partial charge on any atom is 0.253 e. The second-order valence-electron chi connectivity index (χ2n) is 6.51. The fourth-order valence-corrected chi connectivity index (χ4v) is 4.08. The number of amides is 1. The van der Waals surface area contributed by atoms with Gasteiger partial charge in [-0.2, -0.15) is 0 Å². The number of carbonyl (C=O) groups excluding carboxylic acids is 1. The third-order valence-electron chi connectivity index (χ3n) is 4.29. The van der Waals surface area contributed by atoms with Gasteiger partial charge in [0.05, 0.1) is 11.9 Å². The highest BCUT2D eigenvalue weighted by Crippen LogP contribution is 2.19. The highest BCUT2D eigenvalue weighted by atomic mass is 35.5. The fourth-order valence-electron chi connectivity index (χ4n) is 2.96. The van der Waals surface area contributed by atoms with Crippen LogP contribution >= 0.6 is 12.4 Å². The molecule has 0 aliphatic carbocycles. The predicted molar refractivity (Wildman–Crippen MR) is 110 cm³/mol. The summed E-state index contributed by atoms with van der Waals surface area (Å²) >= 11 is 0. The van der Waals surface area contributed by atoms with Gasteiger partial charge in [-0.05, 0) is 50.4 Å². The van der Waals surface area contributed by atoms with Gasteiger partial charge in [-0.15, -0.1) is 12.4 Å². The number of nitrogens with zero attached hydrogens (tertiary/aromatic N) is 1. The molecule has 0 saturated carbocycles. The number of piperidine rings is 1. The molecule has 0 radical (unpaired) electrons. The summed E-state index contributed by atoms with van der Waals surface area (Å²) in [6.45, 7) is 4.36. The van der Waals surface area contributed by atoms with Crippen LogP contribution in [0.1, 0.15) is 43.0 Å². The highest BCUT2D eigenvalue weighted by molar-refractivity contribution is 7.92. The van der Waals surface area contributed by atoms with E-state index in [1.165, 1.54) is 0 Å². The monoisotopic (exact) mass is 419 g/mol. The van der Waals surface area contributed by atoms with E-state index in [9.17, 15) is 13.2 Å². The molecule has 1 aliphatic heterocycles. The van der Waals surface area contributed by atoms with Crippen LogP contribution in [0.4, 0.5) is 5.69 Å². The molecule has 1 aromatic rings. The molecule has 154 valence electrons. The second kappa shape index (κ2) is 11.5. The Bertz CT molecular complexity index is 692. The van der Waals surface area contributed by atoms with Crippen molar-refractivity contribution in [3.63, 3.8) is 0 Å². The van der Waals surface area contributed by atoms with Gasteiger partial charge < -0.3 is 15.4 Å². The molecule has 1 heterocycles. The summed E-state index contributed by atoms with van der Waals surface area (Å²) in [5.74, 6) is -0.0232. The van der Waals surface area contributed by atoms with Crippen LogP contribution in [0.5, 0.6) is 0 Å². The minimum atomic E-state index is -3.37. The van der Waals surface area contributed by atoms with E-state index in [0.717, 1.165) is 19.3 Å². The van der Waals surface area contributed by atoms with Crippen LogP contribution in [0.3, 0.4) is 0 Å². The lowest BCUT2D eigenvalue weighted by molar-refractivity contribution is 0.00844. The third-order valence-corrected chi connectivity index (χ3v) is 5.78. The molecule has 27 heavy (non-hydrogen) atoms. The lowest BCUT2D eigenvalue weighted by Gasteiger charge is -2.32. The fraction of sp³-hybridized carbons (Fsp3) is 0.611. The van der Waals surface area contributed by atoms with Crippen molar-refractivity contribution in [1.82, 2.24) is 4.90 Å². The lowest BCUT2D eigenvalue weighted by atomic mass is 10.1. The number of nitrogens with two attached hydrogens (primary N) is 1. The van der Waals surface area contributed by atoms with Crippen LogP contribution < -0.4 is 10.5 Å². The summed E-state index contributed by atoms with van der Waals surface area (Å²) in [7, 11) is -3.37. The van der Waals surface area contributed by atoms with Crippen LogP contribution in [0, 0.1) is 0 Å². The molecule has 1 aliphatic rings. The maximum atomic E-state index is 12.7. The van der Waals surface area contributed by atoms with Gasteiger partial charge >= 0.3 is 0 Å². The van der Waals surface area contributed by atoms with Gasteiger partial charge in [0.1, 0.15) is 0 Å². The number of anilines is 1. The van der Waals surface area contributed by atoms with E-state index >= 15 is 0 Å². The number of rotatable bonds is 9. The lowest BCUT2D eigenvalue weighted by Crippen LogP contribution is -2.41. The average molecular weight is 420 g/mol. The molecule has 1 fully saturated rings. The van der Waals surface area contributed by atoms with Gasteiger partial charge in [0.2, 0.25) is 10.0 Å². The average Bonchev–Trinajstić information content (AvgIpc) is 2.61. The number of likely N-dealkylation sites (tertiary alicyclic amines) is 1. The summed E-state index contributed by atoms with van der Waals surface area (Å²) in [5, 5.41) is 0. The summed E-state index contributed by atoms with van der Waals surface area (Å²) in [5.41, 5.74) is 6.37.